The van der Waals surface area contributed by atoms with E-state index in [1.165, 1.54) is 25.7 Å². The van der Waals surface area contributed by atoms with Crippen LogP contribution in [0.25, 0.3) is 0 Å². The van der Waals surface area contributed by atoms with Gasteiger partial charge in [-0.3, -0.25) is 4.90 Å². The fraction of sp³-hybridized carbons (Fsp3) is 1.00. The molecule has 1 saturated heterocycles. The molecule has 0 aliphatic carbocycles. The van der Waals surface area contributed by atoms with Crippen molar-refractivity contribution < 1.29 is 4.74 Å². The zero-order chi connectivity index (χ0) is 13.4. The first kappa shape index (κ1) is 15.9. The molecule has 0 aromatic heterocycles. The lowest BCUT2D eigenvalue weighted by Gasteiger charge is -2.37. The van der Waals surface area contributed by atoms with Gasteiger partial charge in [0.25, 0.3) is 0 Å². The van der Waals surface area contributed by atoms with Crippen LogP contribution in [0.4, 0.5) is 0 Å². The highest BCUT2D eigenvalue weighted by Crippen LogP contribution is 2.17. The summed E-state index contributed by atoms with van der Waals surface area (Å²) in [5.74, 6) is 0.737. The largest absolute Gasteiger partial charge is 0.381 e. The molecule has 1 fully saturated rings. The minimum atomic E-state index is 0.678. The second kappa shape index (κ2) is 8.89. The van der Waals surface area contributed by atoms with Crippen molar-refractivity contribution in [2.24, 2.45) is 5.92 Å². The zero-order valence-corrected chi connectivity index (χ0v) is 12.7. The van der Waals surface area contributed by atoms with E-state index in [0.717, 1.165) is 38.3 Å². The first-order valence-electron chi connectivity index (χ1n) is 7.65. The van der Waals surface area contributed by atoms with Gasteiger partial charge in [0.05, 0.1) is 0 Å². The molecule has 3 nitrogen and oxygen atoms in total. The fourth-order valence-electron chi connectivity index (χ4n) is 2.71. The van der Waals surface area contributed by atoms with Gasteiger partial charge in [0.15, 0.2) is 0 Å². The standard InChI is InChI=1S/C15H32N2O/c1-5-6-15(12-16-11-13(2)3)17(4)14-7-9-18-10-8-14/h13-16H,5-12H2,1-4H3. The number of likely N-dealkylation sites (N-methyl/N-ethyl adjacent to an activating group) is 1. The van der Waals surface area contributed by atoms with E-state index in [1.54, 1.807) is 0 Å². The summed E-state index contributed by atoms with van der Waals surface area (Å²) >= 11 is 0. The van der Waals surface area contributed by atoms with E-state index >= 15 is 0 Å². The Kier molecular flexibility index (Phi) is 7.87. The minimum Gasteiger partial charge on any atom is -0.381 e. The Labute approximate surface area is 113 Å². The van der Waals surface area contributed by atoms with Crippen molar-refractivity contribution in [3.05, 3.63) is 0 Å². The Morgan fingerprint density at radius 1 is 1.22 bits per heavy atom. The highest BCUT2D eigenvalue weighted by atomic mass is 16.5. The predicted octanol–water partition coefficient (Wildman–Crippen LogP) is 2.51. The third-order valence-electron chi connectivity index (χ3n) is 3.90. The predicted molar refractivity (Wildman–Crippen MR) is 78.0 cm³/mol. The number of ether oxygens (including phenoxy) is 1. The summed E-state index contributed by atoms with van der Waals surface area (Å²) in [5.41, 5.74) is 0. The molecule has 1 unspecified atom stereocenters. The van der Waals surface area contributed by atoms with Crippen molar-refractivity contribution in [1.82, 2.24) is 10.2 Å². The van der Waals surface area contributed by atoms with Crippen LogP contribution in [-0.4, -0.2) is 50.3 Å². The van der Waals surface area contributed by atoms with Gasteiger partial charge in [-0.15, -0.1) is 0 Å². The van der Waals surface area contributed by atoms with Crippen molar-refractivity contribution in [3.8, 4) is 0 Å². The molecule has 1 aliphatic rings. The van der Waals surface area contributed by atoms with Crippen LogP contribution in [0.5, 0.6) is 0 Å². The lowest BCUT2D eigenvalue weighted by Crippen LogP contribution is -2.47. The maximum Gasteiger partial charge on any atom is 0.0480 e. The van der Waals surface area contributed by atoms with Crippen molar-refractivity contribution in [3.63, 3.8) is 0 Å². The summed E-state index contributed by atoms with van der Waals surface area (Å²) < 4.78 is 5.46. The van der Waals surface area contributed by atoms with Crippen LogP contribution >= 0.6 is 0 Å². The van der Waals surface area contributed by atoms with Crippen molar-refractivity contribution in [1.29, 1.82) is 0 Å². The van der Waals surface area contributed by atoms with E-state index in [2.05, 4.69) is 38.0 Å². The molecular weight excluding hydrogens is 224 g/mol. The zero-order valence-electron chi connectivity index (χ0n) is 12.7. The van der Waals surface area contributed by atoms with Gasteiger partial charge in [0.1, 0.15) is 0 Å². The lowest BCUT2D eigenvalue weighted by atomic mass is 10.0. The molecule has 18 heavy (non-hydrogen) atoms. The van der Waals surface area contributed by atoms with Gasteiger partial charge < -0.3 is 10.1 Å². The van der Waals surface area contributed by atoms with Gasteiger partial charge in [-0.25, -0.2) is 0 Å². The van der Waals surface area contributed by atoms with Crippen molar-refractivity contribution in [2.75, 3.05) is 33.4 Å². The average molecular weight is 256 g/mol. The topological polar surface area (TPSA) is 24.5 Å². The highest BCUT2D eigenvalue weighted by molar-refractivity contribution is 4.80. The van der Waals surface area contributed by atoms with E-state index in [1.807, 2.05) is 0 Å². The van der Waals surface area contributed by atoms with Crippen molar-refractivity contribution in [2.45, 2.75) is 58.5 Å². The maximum absolute atomic E-state index is 5.46. The van der Waals surface area contributed by atoms with Crippen LogP contribution in [0.15, 0.2) is 0 Å². The smallest absolute Gasteiger partial charge is 0.0480 e. The molecular formula is C15H32N2O. The Morgan fingerprint density at radius 2 is 1.89 bits per heavy atom. The van der Waals surface area contributed by atoms with Gasteiger partial charge in [-0.05, 0) is 38.8 Å². The first-order valence-corrected chi connectivity index (χ1v) is 7.65. The molecule has 0 amide bonds. The number of hydrogen-bond donors (Lipinski definition) is 1. The van der Waals surface area contributed by atoms with Crippen LogP contribution in [0.3, 0.4) is 0 Å². The second-order valence-electron chi connectivity index (χ2n) is 6.00. The maximum atomic E-state index is 5.46. The van der Waals surface area contributed by atoms with Gasteiger partial charge in [-0.2, -0.15) is 0 Å². The molecule has 0 bridgehead atoms. The summed E-state index contributed by atoms with van der Waals surface area (Å²) in [6, 6.07) is 1.40. The second-order valence-corrected chi connectivity index (χ2v) is 6.00. The van der Waals surface area contributed by atoms with Gasteiger partial charge in [0.2, 0.25) is 0 Å². The summed E-state index contributed by atoms with van der Waals surface area (Å²) in [6.45, 7) is 10.9. The molecule has 1 heterocycles. The van der Waals surface area contributed by atoms with E-state index < -0.39 is 0 Å². The fourth-order valence-corrected chi connectivity index (χ4v) is 2.71. The normalized spacial score (nSPS) is 19.7. The molecule has 1 aliphatic heterocycles. The summed E-state index contributed by atoms with van der Waals surface area (Å²) in [7, 11) is 2.30. The minimum absolute atomic E-state index is 0.678. The first-order chi connectivity index (χ1) is 8.65. The van der Waals surface area contributed by atoms with Gasteiger partial charge in [-0.1, -0.05) is 27.2 Å². The summed E-state index contributed by atoms with van der Waals surface area (Å²) in [4.78, 5) is 2.60. The quantitative estimate of drug-likeness (QED) is 0.722. The van der Waals surface area contributed by atoms with E-state index in [0.29, 0.717) is 6.04 Å². The van der Waals surface area contributed by atoms with Crippen LogP contribution < -0.4 is 5.32 Å². The lowest BCUT2D eigenvalue weighted by molar-refractivity contribution is 0.0268. The van der Waals surface area contributed by atoms with Crippen molar-refractivity contribution >= 4 is 0 Å². The number of hydrogen-bond acceptors (Lipinski definition) is 3. The molecule has 1 atom stereocenters. The molecule has 0 spiro atoms. The Bertz CT molecular complexity index is 203. The molecule has 1 rings (SSSR count). The molecule has 0 aromatic rings. The van der Waals surface area contributed by atoms with Crippen LogP contribution in [0, 0.1) is 5.92 Å². The Balaban J connectivity index is 2.37. The molecule has 1 N–H and O–H groups in total. The Hall–Kier alpha value is -0.120. The molecule has 0 aromatic carbocycles. The molecule has 3 heteroatoms. The third kappa shape index (κ3) is 5.68. The number of nitrogens with zero attached hydrogens (tertiary/aromatic N) is 1. The highest BCUT2D eigenvalue weighted by Gasteiger charge is 2.24. The Morgan fingerprint density at radius 3 is 2.44 bits per heavy atom. The van der Waals surface area contributed by atoms with Crippen LogP contribution in [0.2, 0.25) is 0 Å². The molecule has 0 saturated carbocycles. The molecule has 0 radical (unpaired) electrons. The van der Waals surface area contributed by atoms with E-state index in [4.69, 9.17) is 4.74 Å². The van der Waals surface area contributed by atoms with E-state index in [9.17, 15) is 0 Å². The summed E-state index contributed by atoms with van der Waals surface area (Å²) in [5, 5.41) is 3.62. The number of rotatable bonds is 8. The molecule has 108 valence electrons. The van der Waals surface area contributed by atoms with Gasteiger partial charge in [0, 0.05) is 31.8 Å². The monoisotopic (exact) mass is 256 g/mol. The van der Waals surface area contributed by atoms with E-state index in [-0.39, 0.29) is 0 Å². The van der Waals surface area contributed by atoms with Gasteiger partial charge >= 0.3 is 0 Å². The summed E-state index contributed by atoms with van der Waals surface area (Å²) in [6.07, 6.45) is 4.95. The third-order valence-corrected chi connectivity index (χ3v) is 3.90. The number of nitrogens with one attached hydrogen (secondary N) is 1. The SMILES string of the molecule is CCCC(CNCC(C)C)N(C)C1CCOCC1. The van der Waals surface area contributed by atoms with Crippen LogP contribution in [-0.2, 0) is 4.74 Å². The average Bonchev–Trinajstić information content (AvgIpc) is 2.37. The van der Waals surface area contributed by atoms with Crippen LogP contribution in [0.1, 0.15) is 46.5 Å².